The monoisotopic (exact) mass is 318 g/mol. The summed E-state index contributed by atoms with van der Waals surface area (Å²) in [6.45, 7) is 0.145. The van der Waals surface area contributed by atoms with E-state index in [9.17, 15) is 13.2 Å². The number of nitrogens with one attached hydrogen (secondary N) is 1. The highest BCUT2D eigenvalue weighted by molar-refractivity contribution is 7.92. The summed E-state index contributed by atoms with van der Waals surface area (Å²) in [5.74, 6) is -0.989. The number of anilines is 2. The number of benzene rings is 1. The molecule has 6 nitrogen and oxygen atoms in total. The molecule has 1 unspecified atom stereocenters. The molecule has 1 atom stereocenters. The molecule has 0 bridgehead atoms. The van der Waals surface area contributed by atoms with E-state index in [1.54, 1.807) is 0 Å². The van der Waals surface area contributed by atoms with Crippen LogP contribution in [0.5, 0.6) is 0 Å². The molecule has 8 heteroatoms. The Kier molecular flexibility index (Phi) is 4.10. The van der Waals surface area contributed by atoms with Crippen molar-refractivity contribution in [3.05, 3.63) is 22.7 Å². The van der Waals surface area contributed by atoms with Crippen LogP contribution in [0.2, 0.25) is 5.02 Å². The Morgan fingerprint density at radius 1 is 1.50 bits per heavy atom. The van der Waals surface area contributed by atoms with Gasteiger partial charge in [-0.1, -0.05) is 11.6 Å². The number of rotatable bonds is 4. The topological polar surface area (TPSA) is 109 Å². The quantitative estimate of drug-likeness (QED) is 0.728. The van der Waals surface area contributed by atoms with Gasteiger partial charge in [-0.2, -0.15) is 0 Å². The third kappa shape index (κ3) is 2.99. The lowest BCUT2D eigenvalue weighted by molar-refractivity contribution is 0.0698. The van der Waals surface area contributed by atoms with Crippen molar-refractivity contribution in [3.63, 3.8) is 0 Å². The van der Waals surface area contributed by atoms with Crippen LogP contribution < -0.4 is 11.1 Å². The van der Waals surface area contributed by atoms with E-state index in [4.69, 9.17) is 22.4 Å². The number of aromatic carboxylic acids is 1. The lowest BCUT2D eigenvalue weighted by atomic mass is 10.1. The zero-order valence-electron chi connectivity index (χ0n) is 10.6. The second-order valence-electron chi connectivity index (χ2n) is 4.74. The molecule has 1 aromatic carbocycles. The number of nitrogens with two attached hydrogens (primary N) is 1. The molecule has 20 heavy (non-hydrogen) atoms. The summed E-state index contributed by atoms with van der Waals surface area (Å²) in [6, 6.07) is 2.72. The first-order chi connectivity index (χ1) is 9.31. The second-order valence-corrected chi connectivity index (χ2v) is 7.55. The van der Waals surface area contributed by atoms with Crippen LogP contribution in [0.4, 0.5) is 11.4 Å². The highest BCUT2D eigenvalue weighted by Gasteiger charge is 2.31. The molecule has 0 aliphatic carbocycles. The summed E-state index contributed by atoms with van der Waals surface area (Å²) in [5.41, 5.74) is 5.94. The van der Waals surface area contributed by atoms with E-state index in [1.165, 1.54) is 12.1 Å². The molecule has 1 aliphatic rings. The van der Waals surface area contributed by atoms with Gasteiger partial charge >= 0.3 is 5.97 Å². The summed E-state index contributed by atoms with van der Waals surface area (Å²) in [7, 11) is -3.09. The van der Waals surface area contributed by atoms with Gasteiger partial charge in [-0.05, 0) is 25.0 Å². The smallest absolute Gasteiger partial charge is 0.337 e. The molecule has 0 spiro atoms. The van der Waals surface area contributed by atoms with Crippen molar-refractivity contribution < 1.29 is 18.3 Å². The molecule has 1 fully saturated rings. The maximum Gasteiger partial charge on any atom is 0.337 e. The first-order valence-electron chi connectivity index (χ1n) is 6.09. The highest BCUT2D eigenvalue weighted by atomic mass is 35.5. The summed E-state index contributed by atoms with van der Waals surface area (Å²) < 4.78 is 23.5. The molecule has 0 amide bonds. The van der Waals surface area contributed by atoms with E-state index >= 15 is 0 Å². The fourth-order valence-corrected chi connectivity index (χ4v) is 4.34. The zero-order chi connectivity index (χ0) is 14.9. The van der Waals surface area contributed by atoms with Crippen LogP contribution in [0.1, 0.15) is 23.2 Å². The van der Waals surface area contributed by atoms with Gasteiger partial charge in [-0.25, -0.2) is 13.2 Å². The average Bonchev–Trinajstić information content (AvgIpc) is 2.66. The Bertz CT molecular complexity index is 645. The fourth-order valence-electron chi connectivity index (χ4n) is 2.28. The van der Waals surface area contributed by atoms with Crippen molar-refractivity contribution >= 4 is 38.8 Å². The van der Waals surface area contributed by atoms with Gasteiger partial charge in [-0.15, -0.1) is 0 Å². The Labute approximate surface area is 121 Å². The summed E-state index contributed by atoms with van der Waals surface area (Å²) in [6.07, 6.45) is 1.21. The predicted octanol–water partition coefficient (Wildman–Crippen LogP) is 1.61. The third-order valence-electron chi connectivity index (χ3n) is 3.31. The number of nitrogen functional groups attached to an aromatic ring is 1. The van der Waals surface area contributed by atoms with Crippen LogP contribution in [0.3, 0.4) is 0 Å². The molecule has 0 radical (unpaired) electrons. The molecule has 1 aromatic rings. The number of halogens is 1. The van der Waals surface area contributed by atoms with Gasteiger partial charge < -0.3 is 16.2 Å². The van der Waals surface area contributed by atoms with Crippen molar-refractivity contribution in [2.45, 2.75) is 18.1 Å². The molecule has 4 N–H and O–H groups in total. The van der Waals surface area contributed by atoms with E-state index < -0.39 is 21.1 Å². The fraction of sp³-hybridized carbons (Fsp3) is 0.417. The van der Waals surface area contributed by atoms with Crippen LogP contribution in [0, 0.1) is 0 Å². The van der Waals surface area contributed by atoms with Gasteiger partial charge in [0.25, 0.3) is 0 Å². The van der Waals surface area contributed by atoms with Gasteiger partial charge in [0.1, 0.15) is 0 Å². The Hall–Kier alpha value is -1.47. The SMILES string of the molecule is Nc1cc(Cl)c(NCC2CCCS2(=O)=O)c(C(=O)O)c1. The maximum absolute atomic E-state index is 11.7. The Morgan fingerprint density at radius 3 is 2.75 bits per heavy atom. The van der Waals surface area contributed by atoms with Crippen molar-refractivity contribution in [1.82, 2.24) is 0 Å². The molecular formula is C12H15ClN2O4S. The lowest BCUT2D eigenvalue weighted by Gasteiger charge is -2.15. The summed E-state index contributed by atoms with van der Waals surface area (Å²) in [4.78, 5) is 11.2. The van der Waals surface area contributed by atoms with Crippen molar-refractivity contribution in [2.75, 3.05) is 23.3 Å². The number of carboxylic acid groups (broad SMARTS) is 1. The Balaban J connectivity index is 2.23. The molecule has 1 aliphatic heterocycles. The summed E-state index contributed by atoms with van der Waals surface area (Å²) in [5, 5.41) is 11.6. The van der Waals surface area contributed by atoms with Gasteiger partial charge in [0.05, 0.1) is 27.3 Å². The number of hydrogen-bond acceptors (Lipinski definition) is 5. The molecule has 1 saturated heterocycles. The Morgan fingerprint density at radius 2 is 2.20 bits per heavy atom. The van der Waals surface area contributed by atoms with Gasteiger partial charge in [0.2, 0.25) is 0 Å². The number of sulfone groups is 1. The van der Waals surface area contributed by atoms with Gasteiger partial charge in [-0.3, -0.25) is 0 Å². The van der Waals surface area contributed by atoms with Gasteiger partial charge in [0, 0.05) is 12.2 Å². The molecule has 0 saturated carbocycles. The minimum absolute atomic E-state index is 0.0644. The number of hydrogen-bond donors (Lipinski definition) is 3. The summed E-state index contributed by atoms with van der Waals surface area (Å²) >= 11 is 5.98. The number of carbonyl (C=O) groups is 1. The van der Waals surface area contributed by atoms with E-state index in [-0.39, 0.29) is 34.3 Å². The van der Waals surface area contributed by atoms with Crippen LogP contribution >= 0.6 is 11.6 Å². The number of carboxylic acids is 1. The maximum atomic E-state index is 11.7. The van der Waals surface area contributed by atoms with E-state index in [2.05, 4.69) is 5.32 Å². The molecule has 1 heterocycles. The average molecular weight is 319 g/mol. The van der Waals surface area contributed by atoms with E-state index in [0.717, 1.165) is 0 Å². The predicted molar refractivity (Wildman–Crippen MR) is 78.1 cm³/mol. The largest absolute Gasteiger partial charge is 0.478 e. The molecule has 2 rings (SSSR count). The minimum atomic E-state index is -3.09. The molecule has 110 valence electrons. The van der Waals surface area contributed by atoms with Gasteiger partial charge in [0.15, 0.2) is 9.84 Å². The second kappa shape index (κ2) is 5.49. The van der Waals surface area contributed by atoms with Crippen LogP contribution in [0.15, 0.2) is 12.1 Å². The zero-order valence-corrected chi connectivity index (χ0v) is 12.2. The van der Waals surface area contributed by atoms with Crippen molar-refractivity contribution in [3.8, 4) is 0 Å². The minimum Gasteiger partial charge on any atom is -0.478 e. The third-order valence-corrected chi connectivity index (χ3v) is 5.89. The highest BCUT2D eigenvalue weighted by Crippen LogP contribution is 2.30. The normalized spacial score (nSPS) is 20.8. The molecule has 0 aromatic heterocycles. The van der Waals surface area contributed by atoms with E-state index in [0.29, 0.717) is 12.8 Å². The van der Waals surface area contributed by atoms with Crippen molar-refractivity contribution in [1.29, 1.82) is 0 Å². The van der Waals surface area contributed by atoms with Crippen LogP contribution in [-0.2, 0) is 9.84 Å². The lowest BCUT2D eigenvalue weighted by Crippen LogP contribution is -2.25. The van der Waals surface area contributed by atoms with Crippen LogP contribution in [-0.4, -0.2) is 37.0 Å². The first kappa shape index (κ1) is 14.9. The standard InChI is InChI=1S/C12H15ClN2O4S/c13-10-5-7(14)4-9(12(16)17)11(10)15-6-8-2-1-3-20(8,18)19/h4-5,8,15H,1-3,6,14H2,(H,16,17). The van der Waals surface area contributed by atoms with E-state index in [1.807, 2.05) is 0 Å². The molecular weight excluding hydrogens is 304 g/mol. The van der Waals surface area contributed by atoms with Crippen LogP contribution in [0.25, 0.3) is 0 Å². The first-order valence-corrected chi connectivity index (χ1v) is 8.18. The van der Waals surface area contributed by atoms with Crippen molar-refractivity contribution in [2.24, 2.45) is 0 Å².